The molecule has 5 rings (SSSR count). The van der Waals surface area contributed by atoms with Gasteiger partial charge in [-0.3, -0.25) is 9.69 Å². The molecule has 1 saturated heterocycles. The Hall–Kier alpha value is -3.98. The largest absolute Gasteiger partial charge is 0.488 e. The minimum atomic E-state index is -4.36. The Kier molecular flexibility index (Phi) is 7.28. The third-order valence-corrected chi connectivity index (χ3v) is 6.59. The lowest BCUT2D eigenvalue weighted by molar-refractivity contribution is -0.137. The minimum absolute atomic E-state index is 0.0108. The number of benzene rings is 3. The van der Waals surface area contributed by atoms with Crippen molar-refractivity contribution < 1.29 is 27.1 Å². The van der Waals surface area contributed by atoms with Gasteiger partial charge in [0, 0.05) is 49.7 Å². The number of amides is 1. The zero-order valence-electron chi connectivity index (χ0n) is 20.4. The van der Waals surface area contributed by atoms with Crippen LogP contribution in [0.25, 0.3) is 10.9 Å². The van der Waals surface area contributed by atoms with Crippen LogP contribution in [-0.2, 0) is 19.3 Å². The van der Waals surface area contributed by atoms with Gasteiger partial charge in [-0.15, -0.1) is 0 Å². The number of hydrogen-bond acceptors (Lipinski definition) is 4. The minimum Gasteiger partial charge on any atom is -0.488 e. The highest BCUT2D eigenvalue weighted by Gasteiger charge is 2.30. The van der Waals surface area contributed by atoms with Crippen molar-refractivity contribution in [2.45, 2.75) is 19.3 Å². The fraction of sp³-hybridized carbons (Fsp3) is 0.241. The number of aromatic nitrogens is 1. The second-order valence-corrected chi connectivity index (χ2v) is 9.17. The molecule has 2 heterocycles. The lowest BCUT2D eigenvalue weighted by Crippen LogP contribution is -2.48. The highest BCUT2D eigenvalue weighted by Crippen LogP contribution is 2.30. The molecule has 0 radical (unpaired) electrons. The molecule has 0 saturated carbocycles. The SMILES string of the molecule is O=C(c1cc(OCc2ccccc2F)c2ccccc2n1)N1CCN(Cc2ccc(C(F)(F)F)cc2)CC1. The Morgan fingerprint density at radius 3 is 2.29 bits per heavy atom. The van der Waals surface area contributed by atoms with Crippen molar-refractivity contribution in [2.24, 2.45) is 0 Å². The van der Waals surface area contributed by atoms with Gasteiger partial charge in [-0.25, -0.2) is 9.37 Å². The van der Waals surface area contributed by atoms with Crippen molar-refractivity contribution in [3.05, 3.63) is 107 Å². The number of halogens is 4. The molecular formula is C29H25F4N3O2. The Morgan fingerprint density at radius 1 is 0.895 bits per heavy atom. The third kappa shape index (κ3) is 5.78. The van der Waals surface area contributed by atoms with Gasteiger partial charge >= 0.3 is 6.18 Å². The lowest BCUT2D eigenvalue weighted by Gasteiger charge is -2.34. The van der Waals surface area contributed by atoms with Gasteiger partial charge in [-0.1, -0.05) is 42.5 Å². The molecule has 38 heavy (non-hydrogen) atoms. The Balaban J connectivity index is 1.26. The zero-order valence-corrected chi connectivity index (χ0v) is 20.4. The summed E-state index contributed by atoms with van der Waals surface area (Å²) >= 11 is 0. The first-order valence-electron chi connectivity index (χ1n) is 12.2. The molecule has 0 aliphatic carbocycles. The van der Waals surface area contributed by atoms with Gasteiger partial charge in [-0.2, -0.15) is 13.2 Å². The van der Waals surface area contributed by atoms with E-state index in [0.29, 0.717) is 49.6 Å². The van der Waals surface area contributed by atoms with Crippen LogP contribution in [0.2, 0.25) is 0 Å². The molecule has 0 unspecified atom stereocenters. The van der Waals surface area contributed by atoms with Gasteiger partial charge in [-0.05, 0) is 35.9 Å². The maximum absolute atomic E-state index is 14.1. The van der Waals surface area contributed by atoms with Crippen LogP contribution in [0.1, 0.15) is 27.2 Å². The predicted octanol–water partition coefficient (Wildman–Crippen LogP) is 5.93. The van der Waals surface area contributed by atoms with Crippen LogP contribution in [0.5, 0.6) is 5.75 Å². The number of pyridine rings is 1. The first kappa shape index (κ1) is 25.7. The van der Waals surface area contributed by atoms with E-state index >= 15 is 0 Å². The number of carbonyl (C=O) groups is 1. The van der Waals surface area contributed by atoms with Crippen LogP contribution >= 0.6 is 0 Å². The first-order valence-corrected chi connectivity index (χ1v) is 12.2. The molecule has 1 fully saturated rings. The molecule has 0 bridgehead atoms. The van der Waals surface area contributed by atoms with Crippen LogP contribution in [0.3, 0.4) is 0 Å². The summed E-state index contributed by atoms with van der Waals surface area (Å²) in [4.78, 5) is 21.7. The molecule has 196 valence electrons. The normalized spacial score (nSPS) is 14.6. The number of rotatable bonds is 6. The second kappa shape index (κ2) is 10.8. The molecule has 4 aromatic rings. The van der Waals surface area contributed by atoms with Gasteiger partial charge in [0.25, 0.3) is 5.91 Å². The number of ether oxygens (including phenoxy) is 1. The smallest absolute Gasteiger partial charge is 0.416 e. The fourth-order valence-corrected chi connectivity index (χ4v) is 4.47. The molecule has 3 aromatic carbocycles. The van der Waals surface area contributed by atoms with Crippen molar-refractivity contribution in [3.8, 4) is 5.75 Å². The number of nitrogens with zero attached hydrogens (tertiary/aromatic N) is 3. The summed E-state index contributed by atoms with van der Waals surface area (Å²) in [5, 5.41) is 0.724. The molecule has 1 aromatic heterocycles. The monoisotopic (exact) mass is 523 g/mol. The van der Waals surface area contributed by atoms with E-state index in [1.807, 2.05) is 18.2 Å². The molecule has 1 aliphatic heterocycles. The quantitative estimate of drug-likeness (QED) is 0.294. The fourth-order valence-electron chi connectivity index (χ4n) is 4.47. The summed E-state index contributed by atoms with van der Waals surface area (Å²) < 4.78 is 58.5. The van der Waals surface area contributed by atoms with E-state index in [0.717, 1.165) is 23.1 Å². The Bertz CT molecular complexity index is 1430. The standard InChI is InChI=1S/C29H25F4N3O2/c30-24-7-3-1-5-21(24)19-38-27-17-26(34-25-8-4-2-6-23(25)27)28(37)36-15-13-35(14-16-36)18-20-9-11-22(12-10-20)29(31,32)33/h1-12,17H,13-16,18-19H2. The van der Waals surface area contributed by atoms with E-state index in [2.05, 4.69) is 9.88 Å². The Labute approximate surface area is 217 Å². The summed E-state index contributed by atoms with van der Waals surface area (Å²) in [7, 11) is 0. The highest BCUT2D eigenvalue weighted by molar-refractivity contribution is 5.97. The number of alkyl halides is 3. The third-order valence-electron chi connectivity index (χ3n) is 6.59. The number of carbonyl (C=O) groups excluding carboxylic acids is 1. The van der Waals surface area contributed by atoms with Crippen molar-refractivity contribution >= 4 is 16.8 Å². The van der Waals surface area contributed by atoms with E-state index in [9.17, 15) is 22.4 Å². The van der Waals surface area contributed by atoms with Gasteiger partial charge in [0.15, 0.2) is 0 Å². The molecule has 0 spiro atoms. The molecular weight excluding hydrogens is 498 g/mol. The molecule has 1 aliphatic rings. The van der Waals surface area contributed by atoms with E-state index < -0.39 is 11.7 Å². The predicted molar refractivity (Wildman–Crippen MR) is 135 cm³/mol. The summed E-state index contributed by atoms with van der Waals surface area (Å²) in [6.07, 6.45) is -4.36. The van der Waals surface area contributed by atoms with E-state index in [-0.39, 0.29) is 24.0 Å². The second-order valence-electron chi connectivity index (χ2n) is 9.17. The summed E-state index contributed by atoms with van der Waals surface area (Å²) in [5.41, 5.74) is 1.36. The van der Waals surface area contributed by atoms with Crippen LogP contribution in [0.4, 0.5) is 17.6 Å². The van der Waals surface area contributed by atoms with Gasteiger partial charge < -0.3 is 9.64 Å². The number of hydrogen-bond donors (Lipinski definition) is 0. The van der Waals surface area contributed by atoms with Crippen molar-refractivity contribution in [1.82, 2.24) is 14.8 Å². The topological polar surface area (TPSA) is 45.7 Å². The van der Waals surface area contributed by atoms with Crippen molar-refractivity contribution in [3.63, 3.8) is 0 Å². The molecule has 5 nitrogen and oxygen atoms in total. The first-order chi connectivity index (χ1) is 18.3. The van der Waals surface area contributed by atoms with Crippen LogP contribution in [0.15, 0.2) is 78.9 Å². The van der Waals surface area contributed by atoms with E-state index in [1.54, 1.807) is 35.2 Å². The Morgan fingerprint density at radius 2 is 1.58 bits per heavy atom. The van der Waals surface area contributed by atoms with Crippen LogP contribution in [0, 0.1) is 5.82 Å². The van der Waals surface area contributed by atoms with Crippen molar-refractivity contribution in [2.75, 3.05) is 26.2 Å². The number of fused-ring (bicyclic) bond motifs is 1. The van der Waals surface area contributed by atoms with Crippen molar-refractivity contribution in [1.29, 1.82) is 0 Å². The van der Waals surface area contributed by atoms with Gasteiger partial charge in [0.05, 0.1) is 11.1 Å². The van der Waals surface area contributed by atoms with E-state index in [4.69, 9.17) is 4.74 Å². The molecule has 0 N–H and O–H groups in total. The molecule has 0 atom stereocenters. The number of piperazine rings is 1. The van der Waals surface area contributed by atoms with Crippen LogP contribution < -0.4 is 4.74 Å². The maximum Gasteiger partial charge on any atom is 0.416 e. The van der Waals surface area contributed by atoms with Gasteiger partial charge in [0.1, 0.15) is 23.9 Å². The van der Waals surface area contributed by atoms with Gasteiger partial charge in [0.2, 0.25) is 0 Å². The average molecular weight is 524 g/mol. The number of para-hydroxylation sites is 1. The van der Waals surface area contributed by atoms with Crippen LogP contribution in [-0.4, -0.2) is 46.9 Å². The average Bonchev–Trinajstić information content (AvgIpc) is 2.92. The molecule has 9 heteroatoms. The lowest BCUT2D eigenvalue weighted by atomic mass is 10.1. The highest BCUT2D eigenvalue weighted by atomic mass is 19.4. The zero-order chi connectivity index (χ0) is 26.7. The maximum atomic E-state index is 14.1. The molecule has 1 amide bonds. The van der Waals surface area contributed by atoms with E-state index in [1.165, 1.54) is 18.2 Å². The summed E-state index contributed by atoms with van der Waals surface area (Å²) in [5.74, 6) is -0.153. The summed E-state index contributed by atoms with van der Waals surface area (Å²) in [6, 6.07) is 20.4. The summed E-state index contributed by atoms with van der Waals surface area (Å²) in [6.45, 7) is 2.59.